The van der Waals surface area contributed by atoms with Crippen LogP contribution >= 0.6 is 0 Å². The molecule has 0 aromatic heterocycles. The van der Waals surface area contributed by atoms with Gasteiger partial charge in [0.05, 0.1) is 20.3 Å². The number of anilines is 1. The molecule has 0 aliphatic rings. The standard InChI is InChI=1S/C11H12N2O3/c1-15-9-5-3-4-8(6-9)13-10(7-12)11(14)16-2/h3-6,10,13H,1-2H3. The van der Waals surface area contributed by atoms with Gasteiger partial charge in [-0.3, -0.25) is 0 Å². The van der Waals surface area contributed by atoms with Crippen molar-refractivity contribution in [3.05, 3.63) is 24.3 Å². The number of carbonyl (C=O) groups is 1. The van der Waals surface area contributed by atoms with Gasteiger partial charge in [-0.15, -0.1) is 0 Å². The topological polar surface area (TPSA) is 71.4 Å². The summed E-state index contributed by atoms with van der Waals surface area (Å²) >= 11 is 0. The second kappa shape index (κ2) is 5.61. The second-order valence-electron chi connectivity index (χ2n) is 2.96. The highest BCUT2D eigenvalue weighted by molar-refractivity contribution is 5.82. The largest absolute Gasteiger partial charge is 0.497 e. The Morgan fingerprint density at radius 2 is 2.25 bits per heavy atom. The number of rotatable bonds is 4. The molecule has 0 aliphatic heterocycles. The Balaban J connectivity index is 2.78. The lowest BCUT2D eigenvalue weighted by molar-refractivity contribution is -0.140. The Bertz CT molecular complexity index is 412. The second-order valence-corrected chi connectivity index (χ2v) is 2.96. The van der Waals surface area contributed by atoms with Crippen LogP contribution in [0.1, 0.15) is 0 Å². The van der Waals surface area contributed by atoms with E-state index in [2.05, 4.69) is 10.1 Å². The minimum absolute atomic E-state index is 0.620. The normalized spacial score (nSPS) is 11.1. The molecule has 0 fully saturated rings. The lowest BCUT2D eigenvalue weighted by atomic mass is 10.2. The van der Waals surface area contributed by atoms with E-state index in [9.17, 15) is 4.79 Å². The third-order valence-corrected chi connectivity index (χ3v) is 1.95. The summed E-state index contributed by atoms with van der Waals surface area (Å²) < 4.78 is 9.49. The van der Waals surface area contributed by atoms with Crippen molar-refractivity contribution in [1.29, 1.82) is 5.26 Å². The summed E-state index contributed by atoms with van der Waals surface area (Å²) in [5.41, 5.74) is 0.622. The Morgan fingerprint density at radius 3 is 2.81 bits per heavy atom. The van der Waals surface area contributed by atoms with E-state index in [1.807, 2.05) is 6.07 Å². The van der Waals surface area contributed by atoms with Crippen LogP contribution in [0.25, 0.3) is 0 Å². The zero-order chi connectivity index (χ0) is 12.0. The molecule has 0 bridgehead atoms. The van der Waals surface area contributed by atoms with E-state index < -0.39 is 12.0 Å². The number of hydrogen-bond acceptors (Lipinski definition) is 5. The van der Waals surface area contributed by atoms with E-state index in [1.54, 1.807) is 31.4 Å². The SMILES string of the molecule is COC(=O)C(C#N)Nc1cccc(OC)c1. The van der Waals surface area contributed by atoms with Gasteiger partial charge in [-0.05, 0) is 12.1 Å². The number of hydrogen-bond donors (Lipinski definition) is 1. The summed E-state index contributed by atoms with van der Waals surface area (Å²) in [7, 11) is 2.78. The fraction of sp³-hybridized carbons (Fsp3) is 0.273. The molecule has 0 saturated heterocycles. The molecule has 1 atom stereocenters. The smallest absolute Gasteiger partial charge is 0.343 e. The molecule has 1 N–H and O–H groups in total. The van der Waals surface area contributed by atoms with Gasteiger partial charge in [0, 0.05) is 11.8 Å². The van der Waals surface area contributed by atoms with Crippen LogP contribution in [0.15, 0.2) is 24.3 Å². The maximum Gasteiger partial charge on any atom is 0.343 e. The van der Waals surface area contributed by atoms with Gasteiger partial charge in [0.2, 0.25) is 6.04 Å². The van der Waals surface area contributed by atoms with Gasteiger partial charge in [-0.25, -0.2) is 4.79 Å². The Hall–Kier alpha value is -2.22. The van der Waals surface area contributed by atoms with Crippen molar-refractivity contribution in [3.8, 4) is 11.8 Å². The maximum atomic E-state index is 11.2. The number of methoxy groups -OCH3 is 2. The Labute approximate surface area is 93.6 Å². The van der Waals surface area contributed by atoms with Crippen molar-refractivity contribution in [3.63, 3.8) is 0 Å². The van der Waals surface area contributed by atoms with E-state index in [0.717, 1.165) is 0 Å². The number of nitrogens with one attached hydrogen (secondary N) is 1. The molecule has 0 amide bonds. The van der Waals surface area contributed by atoms with Crippen LogP contribution in [0.5, 0.6) is 5.75 Å². The predicted molar refractivity (Wildman–Crippen MR) is 58.0 cm³/mol. The van der Waals surface area contributed by atoms with Crippen molar-refractivity contribution in [2.24, 2.45) is 0 Å². The van der Waals surface area contributed by atoms with Crippen molar-refractivity contribution in [1.82, 2.24) is 0 Å². The molecular weight excluding hydrogens is 208 g/mol. The van der Waals surface area contributed by atoms with E-state index in [-0.39, 0.29) is 0 Å². The van der Waals surface area contributed by atoms with Crippen molar-refractivity contribution >= 4 is 11.7 Å². The van der Waals surface area contributed by atoms with E-state index in [4.69, 9.17) is 10.00 Å². The highest BCUT2D eigenvalue weighted by Crippen LogP contribution is 2.17. The number of nitriles is 1. The summed E-state index contributed by atoms with van der Waals surface area (Å²) in [6.45, 7) is 0. The summed E-state index contributed by atoms with van der Waals surface area (Å²) in [5, 5.41) is 11.5. The van der Waals surface area contributed by atoms with Crippen LogP contribution in [-0.4, -0.2) is 26.2 Å². The molecule has 0 radical (unpaired) electrons. The first-order chi connectivity index (χ1) is 7.71. The first-order valence-corrected chi connectivity index (χ1v) is 4.59. The lowest BCUT2D eigenvalue weighted by Crippen LogP contribution is -2.28. The van der Waals surface area contributed by atoms with Crippen molar-refractivity contribution < 1.29 is 14.3 Å². The van der Waals surface area contributed by atoms with Crippen molar-refractivity contribution in [2.75, 3.05) is 19.5 Å². The molecule has 84 valence electrons. The number of nitrogens with zero attached hydrogens (tertiary/aromatic N) is 1. The van der Waals surface area contributed by atoms with Crippen LogP contribution in [0, 0.1) is 11.3 Å². The Kier molecular flexibility index (Phi) is 4.16. The molecule has 0 saturated carbocycles. The minimum atomic E-state index is -1.02. The highest BCUT2D eigenvalue weighted by atomic mass is 16.5. The average molecular weight is 220 g/mol. The molecule has 0 spiro atoms. The monoisotopic (exact) mass is 220 g/mol. The molecule has 1 unspecified atom stereocenters. The maximum absolute atomic E-state index is 11.2. The average Bonchev–Trinajstić information content (AvgIpc) is 2.35. The van der Waals surface area contributed by atoms with Crippen LogP contribution in [-0.2, 0) is 9.53 Å². The number of ether oxygens (including phenoxy) is 2. The lowest BCUT2D eigenvalue weighted by Gasteiger charge is -2.11. The zero-order valence-corrected chi connectivity index (χ0v) is 9.06. The van der Waals surface area contributed by atoms with E-state index in [0.29, 0.717) is 11.4 Å². The quantitative estimate of drug-likeness (QED) is 0.771. The van der Waals surface area contributed by atoms with Gasteiger partial charge < -0.3 is 14.8 Å². The number of benzene rings is 1. The highest BCUT2D eigenvalue weighted by Gasteiger charge is 2.17. The third kappa shape index (κ3) is 2.89. The van der Waals surface area contributed by atoms with Gasteiger partial charge in [-0.1, -0.05) is 6.07 Å². The summed E-state index contributed by atoms with van der Waals surface area (Å²) in [6.07, 6.45) is 0. The molecule has 1 aromatic rings. The van der Waals surface area contributed by atoms with Gasteiger partial charge in [0.25, 0.3) is 0 Å². The number of carbonyl (C=O) groups excluding carboxylic acids is 1. The van der Waals surface area contributed by atoms with Gasteiger partial charge in [0.15, 0.2) is 0 Å². The molecule has 0 heterocycles. The van der Waals surface area contributed by atoms with Crippen LogP contribution in [0.3, 0.4) is 0 Å². The van der Waals surface area contributed by atoms with Crippen molar-refractivity contribution in [2.45, 2.75) is 6.04 Å². The summed E-state index contributed by atoms with van der Waals surface area (Å²) in [5.74, 6) is 0.0249. The first kappa shape index (κ1) is 11.9. The van der Waals surface area contributed by atoms with Gasteiger partial charge in [0.1, 0.15) is 5.75 Å². The van der Waals surface area contributed by atoms with Crippen LogP contribution in [0.2, 0.25) is 0 Å². The number of esters is 1. The third-order valence-electron chi connectivity index (χ3n) is 1.95. The molecule has 0 aliphatic carbocycles. The molecule has 1 rings (SSSR count). The molecule has 5 heteroatoms. The fourth-order valence-corrected chi connectivity index (χ4v) is 1.14. The first-order valence-electron chi connectivity index (χ1n) is 4.59. The van der Waals surface area contributed by atoms with E-state index >= 15 is 0 Å². The summed E-state index contributed by atoms with van der Waals surface area (Å²) in [4.78, 5) is 11.2. The van der Waals surface area contributed by atoms with Gasteiger partial charge >= 0.3 is 5.97 Å². The van der Waals surface area contributed by atoms with Crippen LogP contribution in [0.4, 0.5) is 5.69 Å². The molecule has 16 heavy (non-hydrogen) atoms. The van der Waals surface area contributed by atoms with Gasteiger partial charge in [-0.2, -0.15) is 5.26 Å². The van der Waals surface area contributed by atoms with E-state index in [1.165, 1.54) is 7.11 Å². The molecule has 5 nitrogen and oxygen atoms in total. The predicted octanol–water partition coefficient (Wildman–Crippen LogP) is 1.17. The molecule has 1 aromatic carbocycles. The molecular formula is C11H12N2O3. The summed E-state index contributed by atoms with van der Waals surface area (Å²) in [6, 6.07) is 7.74. The minimum Gasteiger partial charge on any atom is -0.497 e. The zero-order valence-electron chi connectivity index (χ0n) is 9.06. The van der Waals surface area contributed by atoms with Crippen LogP contribution < -0.4 is 10.1 Å². The fourth-order valence-electron chi connectivity index (χ4n) is 1.14. The Morgan fingerprint density at radius 1 is 1.50 bits per heavy atom.